The molecule has 1 atom stereocenters. The first kappa shape index (κ1) is 14.4. The summed E-state index contributed by atoms with van der Waals surface area (Å²) in [6, 6.07) is 12.9. The fourth-order valence-corrected chi connectivity index (χ4v) is 3.39. The maximum Gasteiger partial charge on any atom is 0.0474 e. The second-order valence-corrected chi connectivity index (χ2v) is 6.29. The molecule has 1 aliphatic rings. The highest BCUT2D eigenvalue weighted by Gasteiger charge is 2.19. The van der Waals surface area contributed by atoms with Crippen LogP contribution in [0.5, 0.6) is 0 Å². The van der Waals surface area contributed by atoms with Crippen molar-refractivity contribution in [2.45, 2.75) is 32.7 Å². The molecule has 0 saturated heterocycles. The normalized spacial score (nSPS) is 15.7. The molecule has 0 radical (unpaired) electrons. The lowest BCUT2D eigenvalue weighted by molar-refractivity contribution is 0.765. The van der Waals surface area contributed by atoms with Crippen molar-refractivity contribution in [1.29, 1.82) is 0 Å². The molecule has 2 aromatic rings. The number of anilines is 2. The van der Waals surface area contributed by atoms with Crippen molar-refractivity contribution in [3.63, 3.8) is 0 Å². The second kappa shape index (κ2) is 5.70. The van der Waals surface area contributed by atoms with E-state index >= 15 is 0 Å². The molecule has 3 rings (SSSR count). The maximum absolute atomic E-state index is 6.39. The molecule has 21 heavy (non-hydrogen) atoms. The van der Waals surface area contributed by atoms with Crippen LogP contribution < -0.4 is 10.6 Å². The van der Waals surface area contributed by atoms with Gasteiger partial charge < -0.3 is 10.6 Å². The van der Waals surface area contributed by atoms with Crippen LogP contribution in [0.1, 0.15) is 36.1 Å². The number of hydrogen-bond donors (Lipinski definition) is 1. The monoisotopic (exact) mass is 300 g/mol. The summed E-state index contributed by atoms with van der Waals surface area (Å²) in [7, 11) is 0. The average Bonchev–Trinajstić information content (AvgIpc) is 2.45. The Kier molecular flexibility index (Phi) is 3.92. The van der Waals surface area contributed by atoms with Crippen molar-refractivity contribution in [1.82, 2.24) is 0 Å². The molecule has 0 saturated carbocycles. The zero-order chi connectivity index (χ0) is 15.0. The third-order valence-corrected chi connectivity index (χ3v) is 4.47. The Bertz CT molecular complexity index is 664. The predicted molar refractivity (Wildman–Crippen MR) is 90.6 cm³/mol. The van der Waals surface area contributed by atoms with Crippen molar-refractivity contribution in [3.8, 4) is 0 Å². The summed E-state index contributed by atoms with van der Waals surface area (Å²) >= 11 is 6.39. The lowest BCUT2D eigenvalue weighted by Gasteiger charge is -2.32. The highest BCUT2D eigenvalue weighted by atomic mass is 35.5. The largest absolute Gasteiger partial charge is 0.341 e. The molecule has 0 aliphatic carbocycles. The second-order valence-electron chi connectivity index (χ2n) is 5.88. The predicted octanol–water partition coefficient (Wildman–Crippen LogP) is 4.75. The van der Waals surface area contributed by atoms with Crippen LogP contribution in [0.25, 0.3) is 0 Å². The van der Waals surface area contributed by atoms with Crippen molar-refractivity contribution >= 4 is 23.0 Å². The van der Waals surface area contributed by atoms with Crippen LogP contribution in [-0.4, -0.2) is 6.54 Å². The van der Waals surface area contributed by atoms with Gasteiger partial charge in [0.25, 0.3) is 0 Å². The molecule has 2 aromatic carbocycles. The Hall–Kier alpha value is -1.51. The summed E-state index contributed by atoms with van der Waals surface area (Å²) < 4.78 is 0. The van der Waals surface area contributed by atoms with Crippen molar-refractivity contribution in [2.24, 2.45) is 5.73 Å². The number of aryl methyl sites for hydroxylation is 2. The fourth-order valence-electron chi connectivity index (χ4n) is 3.05. The van der Waals surface area contributed by atoms with Gasteiger partial charge >= 0.3 is 0 Å². The number of fused-ring (bicyclic) bond motifs is 1. The molecular formula is C18H21ClN2. The van der Waals surface area contributed by atoms with Gasteiger partial charge in [-0.2, -0.15) is 0 Å². The van der Waals surface area contributed by atoms with E-state index in [1.165, 1.54) is 23.2 Å². The van der Waals surface area contributed by atoms with Crippen molar-refractivity contribution in [3.05, 3.63) is 58.1 Å². The summed E-state index contributed by atoms with van der Waals surface area (Å²) in [5.74, 6) is 0. The molecule has 0 aromatic heterocycles. The van der Waals surface area contributed by atoms with Crippen LogP contribution in [0, 0.1) is 6.92 Å². The summed E-state index contributed by atoms with van der Waals surface area (Å²) in [5.41, 5.74) is 12.1. The van der Waals surface area contributed by atoms with E-state index in [9.17, 15) is 0 Å². The Morgan fingerprint density at radius 3 is 2.71 bits per heavy atom. The van der Waals surface area contributed by atoms with Gasteiger partial charge in [-0.15, -0.1) is 0 Å². The van der Waals surface area contributed by atoms with Gasteiger partial charge in [0.2, 0.25) is 0 Å². The fraction of sp³-hybridized carbons (Fsp3) is 0.333. The van der Waals surface area contributed by atoms with E-state index in [2.05, 4.69) is 36.1 Å². The van der Waals surface area contributed by atoms with Gasteiger partial charge in [-0.3, -0.25) is 0 Å². The van der Waals surface area contributed by atoms with Crippen LogP contribution in [-0.2, 0) is 6.42 Å². The number of benzene rings is 2. The highest BCUT2D eigenvalue weighted by molar-refractivity contribution is 6.31. The molecule has 110 valence electrons. The Labute approximate surface area is 131 Å². The van der Waals surface area contributed by atoms with E-state index < -0.39 is 0 Å². The van der Waals surface area contributed by atoms with E-state index in [-0.39, 0.29) is 6.04 Å². The number of nitrogens with two attached hydrogens (primary N) is 1. The van der Waals surface area contributed by atoms with Crippen molar-refractivity contribution < 1.29 is 0 Å². The maximum atomic E-state index is 6.39. The van der Waals surface area contributed by atoms with Gasteiger partial charge in [0.05, 0.1) is 0 Å². The molecule has 2 N–H and O–H groups in total. The molecule has 1 aliphatic heterocycles. The standard InChI is InChI=1S/C18H21ClN2/c1-12-5-8-18-14(10-12)4-3-9-21(18)15-6-7-16(13(2)20)17(19)11-15/h5-8,10-11,13H,3-4,9,20H2,1-2H3. The minimum Gasteiger partial charge on any atom is -0.341 e. The molecule has 0 bridgehead atoms. The van der Waals surface area contributed by atoms with Crippen LogP contribution in [0.2, 0.25) is 5.02 Å². The third kappa shape index (κ3) is 2.78. The molecule has 3 heteroatoms. The number of halogens is 1. The third-order valence-electron chi connectivity index (χ3n) is 4.14. The molecule has 1 unspecified atom stereocenters. The smallest absolute Gasteiger partial charge is 0.0474 e. The van der Waals surface area contributed by atoms with Gasteiger partial charge in [-0.25, -0.2) is 0 Å². The minimum atomic E-state index is -0.0390. The number of hydrogen-bond acceptors (Lipinski definition) is 2. The molecule has 0 spiro atoms. The first-order valence-electron chi connectivity index (χ1n) is 7.48. The van der Waals surface area contributed by atoms with E-state index in [1.807, 2.05) is 19.1 Å². The van der Waals surface area contributed by atoms with E-state index in [0.29, 0.717) is 0 Å². The molecule has 0 fully saturated rings. The summed E-state index contributed by atoms with van der Waals surface area (Å²) in [6.07, 6.45) is 2.32. The topological polar surface area (TPSA) is 29.3 Å². The summed E-state index contributed by atoms with van der Waals surface area (Å²) in [5, 5.41) is 0.752. The van der Waals surface area contributed by atoms with Gasteiger partial charge in [-0.05, 0) is 56.0 Å². The first-order chi connectivity index (χ1) is 10.1. The quantitative estimate of drug-likeness (QED) is 0.867. The minimum absolute atomic E-state index is 0.0390. The van der Waals surface area contributed by atoms with Gasteiger partial charge in [0.15, 0.2) is 0 Å². The molecule has 2 nitrogen and oxygen atoms in total. The Balaban J connectivity index is 2.01. The van der Waals surface area contributed by atoms with Gasteiger partial charge in [0.1, 0.15) is 0 Å². The Morgan fingerprint density at radius 1 is 1.19 bits per heavy atom. The summed E-state index contributed by atoms with van der Waals surface area (Å²) in [4.78, 5) is 2.36. The van der Waals surface area contributed by atoms with E-state index in [0.717, 1.165) is 29.2 Å². The molecule has 0 amide bonds. The van der Waals surface area contributed by atoms with Gasteiger partial charge in [-0.1, -0.05) is 35.4 Å². The highest BCUT2D eigenvalue weighted by Crippen LogP contribution is 2.36. The zero-order valence-electron chi connectivity index (χ0n) is 12.6. The lowest BCUT2D eigenvalue weighted by atomic mass is 9.98. The molecule has 1 heterocycles. The SMILES string of the molecule is Cc1ccc2c(c1)CCCN2c1ccc(C(C)N)c(Cl)c1. The van der Waals surface area contributed by atoms with Crippen LogP contribution in [0.15, 0.2) is 36.4 Å². The molecular weight excluding hydrogens is 280 g/mol. The van der Waals surface area contributed by atoms with E-state index in [1.54, 1.807) is 0 Å². The van der Waals surface area contributed by atoms with Crippen LogP contribution >= 0.6 is 11.6 Å². The summed E-state index contributed by atoms with van der Waals surface area (Å²) in [6.45, 7) is 5.14. The van der Waals surface area contributed by atoms with Crippen LogP contribution in [0.4, 0.5) is 11.4 Å². The van der Waals surface area contributed by atoms with E-state index in [4.69, 9.17) is 17.3 Å². The first-order valence-corrected chi connectivity index (χ1v) is 7.86. The average molecular weight is 301 g/mol. The lowest BCUT2D eigenvalue weighted by Crippen LogP contribution is -2.24. The number of nitrogens with zero attached hydrogens (tertiary/aromatic N) is 1. The zero-order valence-corrected chi connectivity index (χ0v) is 13.3. The Morgan fingerprint density at radius 2 is 2.00 bits per heavy atom. The van der Waals surface area contributed by atoms with Gasteiger partial charge in [0, 0.05) is 29.0 Å². The van der Waals surface area contributed by atoms with Crippen molar-refractivity contribution in [2.75, 3.05) is 11.4 Å². The van der Waals surface area contributed by atoms with Crippen LogP contribution in [0.3, 0.4) is 0 Å². The number of rotatable bonds is 2.